The molecule has 0 radical (unpaired) electrons. The number of hydrogen-bond donors (Lipinski definition) is 2. The molecule has 0 rings (SSSR count). The van der Waals surface area contributed by atoms with Crippen LogP contribution in [0.5, 0.6) is 0 Å². The summed E-state index contributed by atoms with van der Waals surface area (Å²) >= 11 is 0. The third-order valence-electron chi connectivity index (χ3n) is 1.66. The molecule has 0 saturated heterocycles. The summed E-state index contributed by atoms with van der Waals surface area (Å²) in [6.07, 6.45) is 0.798. The first kappa shape index (κ1) is 12.4. The maximum Gasteiger partial charge on any atom is 0.234 e. The maximum absolute atomic E-state index is 11.1. The highest BCUT2D eigenvalue weighted by Gasteiger charge is 2.22. The molecule has 0 heterocycles. The molecule has 0 aromatic heterocycles. The van der Waals surface area contributed by atoms with E-state index < -0.39 is 0 Å². The van der Waals surface area contributed by atoms with Gasteiger partial charge in [-0.1, -0.05) is 13.8 Å². The Bertz CT molecular complexity index is 170. The van der Waals surface area contributed by atoms with Gasteiger partial charge < -0.3 is 11.1 Å². The van der Waals surface area contributed by atoms with E-state index in [0.717, 1.165) is 6.42 Å². The van der Waals surface area contributed by atoms with Crippen molar-refractivity contribution in [3.05, 3.63) is 0 Å². The highest BCUT2D eigenvalue weighted by Crippen LogP contribution is 2.09. The molecule has 0 aliphatic heterocycles. The number of rotatable bonds is 4. The van der Waals surface area contributed by atoms with Crippen LogP contribution in [0.25, 0.3) is 0 Å². The van der Waals surface area contributed by atoms with E-state index in [9.17, 15) is 4.79 Å². The third-order valence-corrected chi connectivity index (χ3v) is 1.66. The first-order valence-electron chi connectivity index (χ1n) is 4.79. The summed E-state index contributed by atoms with van der Waals surface area (Å²) in [7, 11) is 0. The van der Waals surface area contributed by atoms with Crippen molar-refractivity contribution in [2.75, 3.05) is 0 Å². The number of carbonyl (C=O) groups is 1. The SMILES string of the molecule is CC(C)C[C@@H](NC(C)(C)C)C(N)=O. The number of amides is 1. The normalized spacial score (nSPS) is 14.6. The lowest BCUT2D eigenvalue weighted by Crippen LogP contribution is -2.50. The van der Waals surface area contributed by atoms with E-state index >= 15 is 0 Å². The van der Waals surface area contributed by atoms with Gasteiger partial charge in [0.1, 0.15) is 0 Å². The van der Waals surface area contributed by atoms with Gasteiger partial charge in [-0.15, -0.1) is 0 Å². The fourth-order valence-electron chi connectivity index (χ4n) is 1.24. The molecular weight excluding hydrogens is 164 g/mol. The van der Waals surface area contributed by atoms with Crippen LogP contribution in [0.3, 0.4) is 0 Å². The summed E-state index contributed by atoms with van der Waals surface area (Å²) in [6.45, 7) is 10.3. The van der Waals surface area contributed by atoms with Crippen molar-refractivity contribution in [3.63, 3.8) is 0 Å². The second kappa shape index (κ2) is 4.61. The van der Waals surface area contributed by atoms with E-state index in [1.807, 2.05) is 20.8 Å². The topological polar surface area (TPSA) is 55.1 Å². The summed E-state index contributed by atoms with van der Waals surface area (Å²) in [6, 6.07) is -0.208. The molecule has 3 heteroatoms. The number of nitrogens with one attached hydrogen (secondary N) is 1. The lowest BCUT2D eigenvalue weighted by atomic mass is 9.99. The molecule has 0 fully saturated rings. The molecule has 0 spiro atoms. The minimum absolute atomic E-state index is 0.0609. The zero-order valence-electron chi connectivity index (χ0n) is 9.35. The summed E-state index contributed by atoms with van der Waals surface area (Å²) in [5.41, 5.74) is 5.23. The highest BCUT2D eigenvalue weighted by molar-refractivity contribution is 5.79. The second-order valence-corrected chi connectivity index (χ2v) is 4.98. The van der Waals surface area contributed by atoms with Gasteiger partial charge in [0, 0.05) is 5.54 Å². The fourth-order valence-corrected chi connectivity index (χ4v) is 1.24. The quantitative estimate of drug-likeness (QED) is 0.694. The molecular formula is C10H22N2O. The molecule has 0 aromatic rings. The Morgan fingerprint density at radius 2 is 1.85 bits per heavy atom. The van der Waals surface area contributed by atoms with Crippen LogP contribution in [0, 0.1) is 5.92 Å². The van der Waals surface area contributed by atoms with Gasteiger partial charge in [-0.3, -0.25) is 4.79 Å². The molecule has 3 N–H and O–H groups in total. The highest BCUT2D eigenvalue weighted by atomic mass is 16.1. The van der Waals surface area contributed by atoms with E-state index in [1.54, 1.807) is 0 Å². The minimum Gasteiger partial charge on any atom is -0.368 e. The Morgan fingerprint density at radius 1 is 1.38 bits per heavy atom. The molecule has 0 aliphatic rings. The van der Waals surface area contributed by atoms with Crippen molar-refractivity contribution in [2.45, 2.75) is 52.6 Å². The van der Waals surface area contributed by atoms with Crippen molar-refractivity contribution < 1.29 is 4.79 Å². The number of nitrogens with two attached hydrogens (primary N) is 1. The van der Waals surface area contributed by atoms with Gasteiger partial charge in [0.25, 0.3) is 0 Å². The molecule has 1 amide bonds. The van der Waals surface area contributed by atoms with Gasteiger partial charge in [-0.2, -0.15) is 0 Å². The molecule has 0 bridgehead atoms. The summed E-state index contributed by atoms with van der Waals surface area (Å²) in [5, 5.41) is 3.21. The van der Waals surface area contributed by atoms with Crippen LogP contribution in [0.15, 0.2) is 0 Å². The van der Waals surface area contributed by atoms with E-state index in [4.69, 9.17) is 5.73 Å². The van der Waals surface area contributed by atoms with Crippen molar-refractivity contribution in [1.29, 1.82) is 0 Å². The zero-order valence-corrected chi connectivity index (χ0v) is 9.35. The first-order chi connectivity index (χ1) is 5.72. The van der Waals surface area contributed by atoms with Crippen molar-refractivity contribution >= 4 is 5.91 Å². The van der Waals surface area contributed by atoms with Crippen LogP contribution < -0.4 is 11.1 Å². The molecule has 0 unspecified atom stereocenters. The monoisotopic (exact) mass is 186 g/mol. The average Bonchev–Trinajstić information content (AvgIpc) is 1.81. The maximum atomic E-state index is 11.1. The number of hydrogen-bond acceptors (Lipinski definition) is 2. The third kappa shape index (κ3) is 6.58. The molecule has 0 saturated carbocycles. The van der Waals surface area contributed by atoms with Gasteiger partial charge in [-0.05, 0) is 33.1 Å². The average molecular weight is 186 g/mol. The lowest BCUT2D eigenvalue weighted by molar-refractivity contribution is -0.120. The van der Waals surface area contributed by atoms with Crippen LogP contribution in [0.2, 0.25) is 0 Å². The molecule has 0 aliphatic carbocycles. The Morgan fingerprint density at radius 3 is 2.08 bits per heavy atom. The first-order valence-corrected chi connectivity index (χ1v) is 4.79. The number of primary amides is 1. The van der Waals surface area contributed by atoms with Crippen LogP contribution in [-0.4, -0.2) is 17.5 Å². The molecule has 1 atom stereocenters. The number of carbonyl (C=O) groups excluding carboxylic acids is 1. The molecule has 3 nitrogen and oxygen atoms in total. The Kier molecular flexibility index (Phi) is 4.40. The Labute approximate surface area is 81.1 Å². The smallest absolute Gasteiger partial charge is 0.234 e. The van der Waals surface area contributed by atoms with Crippen LogP contribution in [0.1, 0.15) is 41.0 Å². The predicted molar refractivity (Wildman–Crippen MR) is 55.3 cm³/mol. The summed E-state index contributed by atoms with van der Waals surface area (Å²) in [4.78, 5) is 11.1. The minimum atomic E-state index is -0.261. The molecule has 0 aromatic carbocycles. The second-order valence-electron chi connectivity index (χ2n) is 4.98. The van der Waals surface area contributed by atoms with Crippen LogP contribution >= 0.6 is 0 Å². The largest absolute Gasteiger partial charge is 0.368 e. The van der Waals surface area contributed by atoms with Crippen molar-refractivity contribution in [3.8, 4) is 0 Å². The lowest BCUT2D eigenvalue weighted by Gasteiger charge is -2.27. The zero-order chi connectivity index (χ0) is 10.6. The van der Waals surface area contributed by atoms with Gasteiger partial charge >= 0.3 is 0 Å². The Hall–Kier alpha value is -0.570. The van der Waals surface area contributed by atoms with E-state index in [1.165, 1.54) is 0 Å². The molecule has 78 valence electrons. The van der Waals surface area contributed by atoms with Crippen molar-refractivity contribution in [1.82, 2.24) is 5.32 Å². The van der Waals surface area contributed by atoms with Crippen LogP contribution in [-0.2, 0) is 4.79 Å². The standard InChI is InChI=1S/C10H22N2O/c1-7(2)6-8(9(11)13)12-10(3,4)5/h7-8,12H,6H2,1-5H3,(H2,11,13)/t8-/m1/s1. The summed E-state index contributed by atoms with van der Waals surface area (Å²) < 4.78 is 0. The van der Waals surface area contributed by atoms with Gasteiger partial charge in [0.15, 0.2) is 0 Å². The van der Waals surface area contributed by atoms with Gasteiger partial charge in [0.2, 0.25) is 5.91 Å². The summed E-state index contributed by atoms with van der Waals surface area (Å²) in [5.74, 6) is 0.218. The molecule has 13 heavy (non-hydrogen) atoms. The fraction of sp³-hybridized carbons (Fsp3) is 0.900. The van der Waals surface area contributed by atoms with E-state index in [-0.39, 0.29) is 17.5 Å². The van der Waals surface area contributed by atoms with E-state index in [0.29, 0.717) is 5.92 Å². The van der Waals surface area contributed by atoms with Gasteiger partial charge in [0.05, 0.1) is 6.04 Å². The predicted octanol–water partition coefficient (Wildman–Crippen LogP) is 1.27. The van der Waals surface area contributed by atoms with Gasteiger partial charge in [-0.25, -0.2) is 0 Å². The van der Waals surface area contributed by atoms with Crippen LogP contribution in [0.4, 0.5) is 0 Å². The Balaban J connectivity index is 4.19. The van der Waals surface area contributed by atoms with E-state index in [2.05, 4.69) is 19.2 Å². The van der Waals surface area contributed by atoms with Crippen molar-refractivity contribution in [2.24, 2.45) is 11.7 Å².